The van der Waals surface area contributed by atoms with Gasteiger partial charge in [-0.2, -0.15) is 5.10 Å². The van der Waals surface area contributed by atoms with E-state index in [0.29, 0.717) is 23.8 Å². The van der Waals surface area contributed by atoms with Gasteiger partial charge in [0.25, 0.3) is 0 Å². The number of rotatable bonds is 8. The van der Waals surface area contributed by atoms with E-state index in [-0.39, 0.29) is 0 Å². The largest absolute Gasteiger partial charge is 0.478 e. The molecule has 0 aliphatic rings. The quantitative estimate of drug-likeness (QED) is 0.558. The van der Waals surface area contributed by atoms with E-state index in [1.165, 1.54) is 0 Å². The van der Waals surface area contributed by atoms with Crippen LogP contribution in [0.15, 0.2) is 48.5 Å². The Kier molecular flexibility index (Phi) is 6.47. The number of carboxylic acid groups (broad SMARTS) is 1. The molecule has 2 aromatic carbocycles. The first-order chi connectivity index (χ1) is 13.9. The molecule has 0 bridgehead atoms. The Hall–Kier alpha value is -2.95. The molecule has 0 saturated heterocycles. The number of nitrogens with zero attached hydrogens (tertiary/aromatic N) is 3. The standard InChI is InChI=1S/C24H29N3O2/c1-5-17(4)23-25-22(27(26-23)15-16(2)3)14-18-10-12-19(13-11-18)20-8-6-7-9-21(20)24(28)29/h6-13,16-17H,5,14-15H2,1-4H3,(H,28,29). The van der Waals surface area contributed by atoms with Gasteiger partial charge in [0.05, 0.1) is 5.56 Å². The molecular weight excluding hydrogens is 362 g/mol. The van der Waals surface area contributed by atoms with Crippen LogP contribution in [0.5, 0.6) is 0 Å². The molecule has 0 aliphatic carbocycles. The predicted molar refractivity (Wildman–Crippen MR) is 115 cm³/mol. The summed E-state index contributed by atoms with van der Waals surface area (Å²) in [4.78, 5) is 16.3. The third-order valence-electron chi connectivity index (χ3n) is 5.14. The van der Waals surface area contributed by atoms with Gasteiger partial charge in [0.2, 0.25) is 0 Å². The molecule has 29 heavy (non-hydrogen) atoms. The van der Waals surface area contributed by atoms with Crippen LogP contribution < -0.4 is 0 Å². The zero-order valence-electron chi connectivity index (χ0n) is 17.6. The fourth-order valence-corrected chi connectivity index (χ4v) is 3.31. The number of carbonyl (C=O) groups is 1. The van der Waals surface area contributed by atoms with Gasteiger partial charge < -0.3 is 5.11 Å². The number of benzene rings is 2. The summed E-state index contributed by atoms with van der Waals surface area (Å²) >= 11 is 0. The minimum atomic E-state index is -0.913. The van der Waals surface area contributed by atoms with Crippen LogP contribution in [0, 0.1) is 5.92 Å². The van der Waals surface area contributed by atoms with E-state index >= 15 is 0 Å². The molecule has 0 saturated carbocycles. The second kappa shape index (κ2) is 9.03. The van der Waals surface area contributed by atoms with Gasteiger partial charge in [-0.15, -0.1) is 0 Å². The van der Waals surface area contributed by atoms with Crippen molar-refractivity contribution in [3.63, 3.8) is 0 Å². The zero-order chi connectivity index (χ0) is 21.0. The number of aromatic nitrogens is 3. The molecule has 5 heteroatoms. The lowest BCUT2D eigenvalue weighted by atomic mass is 9.98. The van der Waals surface area contributed by atoms with Gasteiger partial charge in [-0.1, -0.05) is 70.2 Å². The lowest BCUT2D eigenvalue weighted by Crippen LogP contribution is -2.11. The van der Waals surface area contributed by atoms with E-state index in [1.54, 1.807) is 12.1 Å². The van der Waals surface area contributed by atoms with Crippen LogP contribution in [0.3, 0.4) is 0 Å². The molecule has 1 N–H and O–H groups in total. The molecule has 0 amide bonds. The first kappa shape index (κ1) is 20.8. The Morgan fingerprint density at radius 2 is 1.76 bits per heavy atom. The third kappa shape index (κ3) is 4.91. The highest BCUT2D eigenvalue weighted by Crippen LogP contribution is 2.25. The van der Waals surface area contributed by atoms with Crippen LogP contribution in [-0.2, 0) is 13.0 Å². The van der Waals surface area contributed by atoms with Crippen molar-refractivity contribution >= 4 is 5.97 Å². The Morgan fingerprint density at radius 1 is 1.07 bits per heavy atom. The van der Waals surface area contributed by atoms with Gasteiger partial charge in [0, 0.05) is 18.9 Å². The van der Waals surface area contributed by atoms with Crippen molar-refractivity contribution in [1.82, 2.24) is 14.8 Å². The van der Waals surface area contributed by atoms with E-state index in [2.05, 4.69) is 27.7 Å². The average molecular weight is 392 g/mol. The average Bonchev–Trinajstić information content (AvgIpc) is 3.09. The van der Waals surface area contributed by atoms with Crippen molar-refractivity contribution < 1.29 is 9.90 Å². The van der Waals surface area contributed by atoms with Crippen molar-refractivity contribution in [2.75, 3.05) is 0 Å². The molecule has 1 aromatic heterocycles. The highest BCUT2D eigenvalue weighted by atomic mass is 16.4. The van der Waals surface area contributed by atoms with Gasteiger partial charge in [0.1, 0.15) is 5.82 Å². The van der Waals surface area contributed by atoms with Crippen LogP contribution in [0.25, 0.3) is 11.1 Å². The van der Waals surface area contributed by atoms with E-state index in [0.717, 1.165) is 41.3 Å². The van der Waals surface area contributed by atoms with E-state index in [4.69, 9.17) is 10.1 Å². The summed E-state index contributed by atoms with van der Waals surface area (Å²) in [6.07, 6.45) is 1.72. The maximum atomic E-state index is 11.5. The summed E-state index contributed by atoms with van der Waals surface area (Å²) in [6.45, 7) is 9.53. The fraction of sp³-hybridized carbons (Fsp3) is 0.375. The van der Waals surface area contributed by atoms with E-state index < -0.39 is 5.97 Å². The summed E-state index contributed by atoms with van der Waals surface area (Å²) < 4.78 is 2.04. The van der Waals surface area contributed by atoms with Gasteiger partial charge in [-0.3, -0.25) is 0 Å². The lowest BCUT2D eigenvalue weighted by molar-refractivity contribution is 0.0697. The summed E-state index contributed by atoms with van der Waals surface area (Å²) in [6, 6.07) is 15.1. The molecule has 0 spiro atoms. The number of hydrogen-bond donors (Lipinski definition) is 1. The Labute approximate surface area is 172 Å². The van der Waals surface area contributed by atoms with Crippen LogP contribution in [0.2, 0.25) is 0 Å². The van der Waals surface area contributed by atoms with Crippen molar-refractivity contribution in [1.29, 1.82) is 0 Å². The first-order valence-electron chi connectivity index (χ1n) is 10.2. The fourth-order valence-electron chi connectivity index (χ4n) is 3.31. The number of aromatic carboxylic acids is 1. The molecule has 0 radical (unpaired) electrons. The summed E-state index contributed by atoms with van der Waals surface area (Å²) in [5, 5.41) is 14.2. The molecule has 1 unspecified atom stereocenters. The van der Waals surface area contributed by atoms with E-state index in [9.17, 15) is 9.90 Å². The maximum absolute atomic E-state index is 11.5. The van der Waals surface area contributed by atoms with Crippen molar-refractivity contribution in [3.05, 3.63) is 71.3 Å². The van der Waals surface area contributed by atoms with Gasteiger partial charge in [-0.25, -0.2) is 14.5 Å². The van der Waals surface area contributed by atoms with Crippen molar-refractivity contribution in [2.45, 2.75) is 53.0 Å². The summed E-state index contributed by atoms with van der Waals surface area (Å²) in [5.41, 5.74) is 3.08. The summed E-state index contributed by atoms with van der Waals surface area (Å²) in [5.74, 6) is 1.82. The smallest absolute Gasteiger partial charge is 0.336 e. The summed E-state index contributed by atoms with van der Waals surface area (Å²) in [7, 11) is 0. The molecular formula is C24H29N3O2. The predicted octanol–water partition coefficient (Wildman–Crippen LogP) is 5.40. The van der Waals surface area contributed by atoms with Crippen LogP contribution in [0.4, 0.5) is 0 Å². The molecule has 0 aliphatic heterocycles. The van der Waals surface area contributed by atoms with Crippen LogP contribution in [-0.4, -0.2) is 25.8 Å². The van der Waals surface area contributed by atoms with Gasteiger partial charge in [-0.05, 0) is 35.1 Å². The van der Waals surface area contributed by atoms with Crippen molar-refractivity contribution in [2.24, 2.45) is 5.92 Å². The highest BCUT2D eigenvalue weighted by Gasteiger charge is 2.16. The van der Waals surface area contributed by atoms with Crippen LogP contribution >= 0.6 is 0 Å². The van der Waals surface area contributed by atoms with Gasteiger partial charge >= 0.3 is 5.97 Å². The Bertz CT molecular complexity index is 974. The number of hydrogen-bond acceptors (Lipinski definition) is 3. The van der Waals surface area contributed by atoms with Crippen LogP contribution in [0.1, 0.15) is 67.6 Å². The Balaban J connectivity index is 1.87. The molecule has 3 rings (SSSR count). The second-order valence-electron chi connectivity index (χ2n) is 8.00. The maximum Gasteiger partial charge on any atom is 0.336 e. The van der Waals surface area contributed by atoms with Gasteiger partial charge in [0.15, 0.2) is 5.82 Å². The SMILES string of the molecule is CCC(C)c1nc(Cc2ccc(-c3ccccc3C(=O)O)cc2)n(CC(C)C)n1. The normalized spacial score (nSPS) is 12.3. The highest BCUT2D eigenvalue weighted by molar-refractivity contribution is 5.95. The minimum Gasteiger partial charge on any atom is -0.478 e. The monoisotopic (exact) mass is 391 g/mol. The molecule has 3 aromatic rings. The molecule has 1 heterocycles. The third-order valence-corrected chi connectivity index (χ3v) is 5.14. The molecule has 0 fully saturated rings. The Morgan fingerprint density at radius 3 is 2.38 bits per heavy atom. The zero-order valence-corrected chi connectivity index (χ0v) is 17.6. The minimum absolute atomic E-state index is 0.315. The second-order valence-corrected chi connectivity index (χ2v) is 8.00. The number of carboxylic acids is 1. The lowest BCUT2D eigenvalue weighted by Gasteiger charge is -2.10. The van der Waals surface area contributed by atoms with E-state index in [1.807, 2.05) is 41.1 Å². The molecule has 152 valence electrons. The first-order valence-corrected chi connectivity index (χ1v) is 10.2. The topological polar surface area (TPSA) is 68.0 Å². The molecule has 5 nitrogen and oxygen atoms in total. The molecule has 1 atom stereocenters. The van der Waals surface area contributed by atoms with Crippen molar-refractivity contribution in [3.8, 4) is 11.1 Å².